The smallest absolute Gasteiger partial charge is 0.0471 e. The van der Waals surface area contributed by atoms with Crippen molar-refractivity contribution in [3.05, 3.63) is 83.4 Å². The lowest BCUT2D eigenvalue weighted by molar-refractivity contribution is 0.299. The van der Waals surface area contributed by atoms with Crippen LogP contribution in [0.15, 0.2) is 66.7 Å². The third kappa shape index (κ3) is 4.87. The molecule has 0 aliphatic carbocycles. The van der Waals surface area contributed by atoms with Crippen LogP contribution in [0.3, 0.4) is 0 Å². The van der Waals surface area contributed by atoms with Crippen molar-refractivity contribution in [2.45, 2.75) is 46.0 Å². The first-order valence-electron chi connectivity index (χ1n) is 10.2. The van der Waals surface area contributed by atoms with Crippen LogP contribution in [0.1, 0.15) is 43.4 Å². The van der Waals surface area contributed by atoms with Crippen molar-refractivity contribution in [2.24, 2.45) is 0 Å². The predicted molar refractivity (Wildman–Crippen MR) is 116 cm³/mol. The van der Waals surface area contributed by atoms with Gasteiger partial charge in [0, 0.05) is 6.61 Å². The van der Waals surface area contributed by atoms with E-state index in [1.54, 1.807) is 0 Å². The van der Waals surface area contributed by atoms with Crippen LogP contribution in [0.5, 0.6) is 0 Å². The monoisotopic (exact) mass is 358 g/mol. The topological polar surface area (TPSA) is 20.2 Å². The molecule has 1 heteroatoms. The SMILES string of the molecule is CCCCc1ccc(-c2ccc(-c3ccc(CCO)cc3CC)cc2)cc1. The minimum Gasteiger partial charge on any atom is -0.396 e. The largest absolute Gasteiger partial charge is 0.396 e. The van der Waals surface area contributed by atoms with E-state index in [1.165, 1.54) is 58.2 Å². The first-order chi connectivity index (χ1) is 13.2. The van der Waals surface area contributed by atoms with Crippen LogP contribution in [-0.2, 0) is 19.3 Å². The van der Waals surface area contributed by atoms with Gasteiger partial charge in [0.2, 0.25) is 0 Å². The molecule has 0 aliphatic rings. The molecule has 0 amide bonds. The lowest BCUT2D eigenvalue weighted by atomic mass is 9.93. The van der Waals surface area contributed by atoms with Crippen molar-refractivity contribution in [1.82, 2.24) is 0 Å². The third-order valence-electron chi connectivity index (χ3n) is 5.25. The zero-order valence-electron chi connectivity index (χ0n) is 16.5. The van der Waals surface area contributed by atoms with Crippen LogP contribution in [0.4, 0.5) is 0 Å². The molecule has 0 unspecified atom stereocenters. The summed E-state index contributed by atoms with van der Waals surface area (Å²) in [5.41, 5.74) is 9.05. The lowest BCUT2D eigenvalue weighted by Gasteiger charge is -2.12. The Morgan fingerprint density at radius 2 is 1.26 bits per heavy atom. The molecule has 3 aromatic carbocycles. The standard InChI is InChI=1S/C26H30O/c1-3-5-6-20-7-10-23(11-8-20)24-12-14-25(15-13-24)26-16-9-21(17-18-27)19-22(26)4-2/h7-16,19,27H,3-6,17-18H2,1-2H3. The van der Waals surface area contributed by atoms with Gasteiger partial charge in [0.15, 0.2) is 0 Å². The van der Waals surface area contributed by atoms with Gasteiger partial charge >= 0.3 is 0 Å². The summed E-state index contributed by atoms with van der Waals surface area (Å²) in [5, 5.41) is 9.17. The van der Waals surface area contributed by atoms with Crippen molar-refractivity contribution in [3.8, 4) is 22.3 Å². The number of hydrogen-bond acceptors (Lipinski definition) is 1. The van der Waals surface area contributed by atoms with Crippen LogP contribution < -0.4 is 0 Å². The molecule has 0 atom stereocenters. The number of aliphatic hydroxyl groups excluding tert-OH is 1. The molecule has 0 saturated carbocycles. The van der Waals surface area contributed by atoms with Gasteiger partial charge in [-0.2, -0.15) is 0 Å². The molecule has 27 heavy (non-hydrogen) atoms. The van der Waals surface area contributed by atoms with Crippen LogP contribution in [0.2, 0.25) is 0 Å². The summed E-state index contributed by atoms with van der Waals surface area (Å²) in [6, 6.07) is 24.4. The zero-order valence-corrected chi connectivity index (χ0v) is 16.5. The number of hydrogen-bond donors (Lipinski definition) is 1. The number of rotatable bonds is 8. The molecular weight excluding hydrogens is 328 g/mol. The second-order valence-electron chi connectivity index (χ2n) is 7.20. The Morgan fingerprint density at radius 3 is 1.85 bits per heavy atom. The van der Waals surface area contributed by atoms with E-state index in [2.05, 4.69) is 80.6 Å². The van der Waals surface area contributed by atoms with Gasteiger partial charge in [0.05, 0.1) is 0 Å². The average molecular weight is 359 g/mol. The van der Waals surface area contributed by atoms with Gasteiger partial charge in [0.1, 0.15) is 0 Å². The summed E-state index contributed by atoms with van der Waals surface area (Å²) in [5.74, 6) is 0. The summed E-state index contributed by atoms with van der Waals surface area (Å²) in [6.07, 6.45) is 5.38. The van der Waals surface area contributed by atoms with Gasteiger partial charge in [0.25, 0.3) is 0 Å². The summed E-state index contributed by atoms with van der Waals surface area (Å²) in [6.45, 7) is 4.63. The summed E-state index contributed by atoms with van der Waals surface area (Å²) in [7, 11) is 0. The van der Waals surface area contributed by atoms with E-state index in [1.807, 2.05) is 0 Å². The first kappa shape index (κ1) is 19.4. The van der Waals surface area contributed by atoms with Gasteiger partial charge < -0.3 is 5.11 Å². The number of aliphatic hydroxyl groups is 1. The van der Waals surface area contributed by atoms with Crippen molar-refractivity contribution in [3.63, 3.8) is 0 Å². The van der Waals surface area contributed by atoms with E-state index >= 15 is 0 Å². The Kier molecular flexibility index (Phi) is 6.84. The van der Waals surface area contributed by atoms with Crippen LogP contribution >= 0.6 is 0 Å². The highest BCUT2D eigenvalue weighted by Gasteiger charge is 2.06. The number of unbranched alkanes of at least 4 members (excludes halogenated alkanes) is 1. The average Bonchev–Trinajstić information content (AvgIpc) is 2.73. The molecular formula is C26H30O. The fourth-order valence-electron chi connectivity index (χ4n) is 3.59. The van der Waals surface area contributed by atoms with Gasteiger partial charge in [-0.1, -0.05) is 87.0 Å². The second kappa shape index (κ2) is 9.53. The van der Waals surface area contributed by atoms with E-state index < -0.39 is 0 Å². The minimum absolute atomic E-state index is 0.203. The molecule has 0 saturated heterocycles. The third-order valence-corrected chi connectivity index (χ3v) is 5.25. The van der Waals surface area contributed by atoms with Gasteiger partial charge in [-0.05, 0) is 64.6 Å². The summed E-state index contributed by atoms with van der Waals surface area (Å²) >= 11 is 0. The second-order valence-corrected chi connectivity index (χ2v) is 7.20. The molecule has 1 nitrogen and oxygen atoms in total. The summed E-state index contributed by atoms with van der Waals surface area (Å²) in [4.78, 5) is 0. The Bertz CT molecular complexity index is 844. The zero-order chi connectivity index (χ0) is 19.1. The van der Waals surface area contributed by atoms with Crippen molar-refractivity contribution in [1.29, 1.82) is 0 Å². The van der Waals surface area contributed by atoms with E-state index in [-0.39, 0.29) is 6.61 Å². The highest BCUT2D eigenvalue weighted by atomic mass is 16.2. The predicted octanol–water partition coefficient (Wildman–Crippen LogP) is 6.46. The fraction of sp³-hybridized carbons (Fsp3) is 0.308. The van der Waals surface area contributed by atoms with Crippen LogP contribution in [0.25, 0.3) is 22.3 Å². The molecule has 0 heterocycles. The molecule has 0 aliphatic heterocycles. The minimum atomic E-state index is 0.203. The first-order valence-corrected chi connectivity index (χ1v) is 10.2. The molecule has 0 aromatic heterocycles. The maximum absolute atomic E-state index is 9.17. The molecule has 3 rings (SSSR count). The highest BCUT2D eigenvalue weighted by Crippen LogP contribution is 2.28. The molecule has 140 valence electrons. The van der Waals surface area contributed by atoms with Gasteiger partial charge in [-0.3, -0.25) is 0 Å². The molecule has 0 radical (unpaired) electrons. The maximum atomic E-state index is 9.17. The van der Waals surface area contributed by atoms with Gasteiger partial charge in [-0.15, -0.1) is 0 Å². The van der Waals surface area contributed by atoms with Gasteiger partial charge in [-0.25, -0.2) is 0 Å². The van der Waals surface area contributed by atoms with E-state index in [4.69, 9.17) is 5.11 Å². The number of aryl methyl sites for hydroxylation is 2. The molecule has 0 spiro atoms. The Labute approximate surface area is 163 Å². The fourth-order valence-corrected chi connectivity index (χ4v) is 3.59. The lowest BCUT2D eigenvalue weighted by Crippen LogP contribution is -1.95. The van der Waals surface area contributed by atoms with Crippen molar-refractivity contribution < 1.29 is 5.11 Å². The summed E-state index contributed by atoms with van der Waals surface area (Å²) < 4.78 is 0. The Morgan fingerprint density at radius 1 is 0.667 bits per heavy atom. The van der Waals surface area contributed by atoms with E-state index in [0.29, 0.717) is 0 Å². The molecule has 0 bridgehead atoms. The quantitative estimate of drug-likeness (QED) is 0.490. The maximum Gasteiger partial charge on any atom is 0.0471 e. The van der Waals surface area contributed by atoms with Crippen molar-refractivity contribution in [2.75, 3.05) is 6.61 Å². The van der Waals surface area contributed by atoms with E-state index in [0.717, 1.165) is 12.8 Å². The van der Waals surface area contributed by atoms with Crippen molar-refractivity contribution >= 4 is 0 Å². The molecule has 0 fully saturated rings. The normalized spacial score (nSPS) is 10.9. The highest BCUT2D eigenvalue weighted by molar-refractivity contribution is 5.72. The van der Waals surface area contributed by atoms with Crippen LogP contribution in [-0.4, -0.2) is 11.7 Å². The Hall–Kier alpha value is -2.38. The molecule has 3 aromatic rings. The molecule has 1 N–H and O–H groups in total. The number of benzene rings is 3. The van der Waals surface area contributed by atoms with Crippen LogP contribution in [0, 0.1) is 0 Å². The Balaban J connectivity index is 1.81. The van der Waals surface area contributed by atoms with E-state index in [9.17, 15) is 0 Å².